The first kappa shape index (κ1) is 12.9. The van der Waals surface area contributed by atoms with E-state index in [1.807, 2.05) is 7.05 Å². The van der Waals surface area contributed by atoms with Gasteiger partial charge in [-0.15, -0.1) is 0 Å². The van der Waals surface area contributed by atoms with Crippen LogP contribution in [0.5, 0.6) is 0 Å². The van der Waals surface area contributed by atoms with E-state index < -0.39 is 0 Å². The minimum Gasteiger partial charge on any atom is -0.381 e. The molecule has 1 heterocycles. The average Bonchev–Trinajstić information content (AvgIpc) is 2.24. The maximum atomic E-state index is 5.39. The normalized spacial score (nSPS) is 20.4. The van der Waals surface area contributed by atoms with E-state index >= 15 is 0 Å². The number of hydrogen-bond donors (Lipinski definition) is 2. The van der Waals surface area contributed by atoms with Crippen LogP contribution in [0.2, 0.25) is 0 Å². The van der Waals surface area contributed by atoms with Gasteiger partial charge in [0, 0.05) is 19.8 Å². The Labute approximate surface area is 94.0 Å². The van der Waals surface area contributed by atoms with Gasteiger partial charge in [-0.2, -0.15) is 0 Å². The van der Waals surface area contributed by atoms with E-state index in [1.165, 1.54) is 25.7 Å². The van der Waals surface area contributed by atoms with Crippen molar-refractivity contribution >= 4 is 0 Å². The van der Waals surface area contributed by atoms with Crippen LogP contribution in [0.3, 0.4) is 0 Å². The van der Waals surface area contributed by atoms with Gasteiger partial charge in [0.2, 0.25) is 0 Å². The van der Waals surface area contributed by atoms with Gasteiger partial charge >= 0.3 is 0 Å². The van der Waals surface area contributed by atoms with Gasteiger partial charge in [0.05, 0.1) is 0 Å². The first-order chi connectivity index (χ1) is 7.27. The molecular weight excluding hydrogens is 188 g/mol. The molecule has 0 amide bonds. The zero-order chi connectivity index (χ0) is 11.0. The van der Waals surface area contributed by atoms with Gasteiger partial charge in [0.25, 0.3) is 0 Å². The van der Waals surface area contributed by atoms with Gasteiger partial charge in [0.1, 0.15) is 0 Å². The molecule has 0 unspecified atom stereocenters. The van der Waals surface area contributed by atoms with E-state index in [0.29, 0.717) is 5.41 Å². The molecule has 0 aliphatic carbocycles. The molecule has 0 saturated carbocycles. The zero-order valence-electron chi connectivity index (χ0n) is 10.3. The minimum atomic E-state index is 0.473. The first-order valence-electron chi connectivity index (χ1n) is 6.20. The molecule has 1 aliphatic heterocycles. The van der Waals surface area contributed by atoms with E-state index in [-0.39, 0.29) is 0 Å². The lowest BCUT2D eigenvalue weighted by atomic mass is 9.82. The van der Waals surface area contributed by atoms with Crippen LogP contribution in [0.15, 0.2) is 0 Å². The Morgan fingerprint density at radius 3 is 2.47 bits per heavy atom. The van der Waals surface area contributed by atoms with Crippen molar-refractivity contribution in [3.05, 3.63) is 0 Å². The number of nitrogens with one attached hydrogen (secondary N) is 2. The number of rotatable bonds is 7. The lowest BCUT2D eigenvalue weighted by molar-refractivity contribution is 0.0242. The third kappa shape index (κ3) is 5.50. The van der Waals surface area contributed by atoms with E-state index in [9.17, 15) is 0 Å². The van der Waals surface area contributed by atoms with E-state index in [0.717, 1.165) is 32.8 Å². The third-order valence-electron chi connectivity index (χ3n) is 3.28. The average molecular weight is 214 g/mol. The Morgan fingerprint density at radius 1 is 1.13 bits per heavy atom. The smallest absolute Gasteiger partial charge is 0.0471 e. The quantitative estimate of drug-likeness (QED) is 0.628. The van der Waals surface area contributed by atoms with Crippen LogP contribution < -0.4 is 10.6 Å². The van der Waals surface area contributed by atoms with Crippen LogP contribution in [0.1, 0.15) is 32.6 Å². The fourth-order valence-electron chi connectivity index (χ4n) is 1.98. The largest absolute Gasteiger partial charge is 0.381 e. The Bertz CT molecular complexity index is 156. The Kier molecular flexibility index (Phi) is 6.22. The van der Waals surface area contributed by atoms with Crippen molar-refractivity contribution in [2.45, 2.75) is 32.6 Å². The molecular formula is C12H26N2O. The van der Waals surface area contributed by atoms with Crippen LogP contribution in [0, 0.1) is 5.41 Å². The van der Waals surface area contributed by atoms with Crippen molar-refractivity contribution < 1.29 is 4.74 Å². The Hall–Kier alpha value is -0.120. The number of unbranched alkanes of at least 4 members (excludes halogenated alkanes) is 1. The fourth-order valence-corrected chi connectivity index (χ4v) is 1.98. The van der Waals surface area contributed by atoms with Crippen molar-refractivity contribution in [2.75, 3.05) is 39.9 Å². The molecule has 0 atom stereocenters. The molecule has 1 saturated heterocycles. The van der Waals surface area contributed by atoms with Crippen molar-refractivity contribution in [1.82, 2.24) is 10.6 Å². The number of hydrogen-bond acceptors (Lipinski definition) is 3. The predicted octanol–water partition coefficient (Wildman–Crippen LogP) is 1.39. The van der Waals surface area contributed by atoms with Crippen molar-refractivity contribution in [2.24, 2.45) is 5.41 Å². The molecule has 3 heteroatoms. The van der Waals surface area contributed by atoms with Gasteiger partial charge in [-0.1, -0.05) is 6.92 Å². The molecule has 90 valence electrons. The lowest BCUT2D eigenvalue weighted by Gasteiger charge is -2.33. The van der Waals surface area contributed by atoms with Crippen molar-refractivity contribution in [3.8, 4) is 0 Å². The molecule has 3 nitrogen and oxygen atoms in total. The summed E-state index contributed by atoms with van der Waals surface area (Å²) in [5, 5.41) is 6.74. The van der Waals surface area contributed by atoms with Gasteiger partial charge in [-0.25, -0.2) is 0 Å². The molecule has 0 aromatic rings. The van der Waals surface area contributed by atoms with E-state index in [4.69, 9.17) is 4.74 Å². The lowest BCUT2D eigenvalue weighted by Crippen LogP contribution is -2.37. The van der Waals surface area contributed by atoms with Crippen molar-refractivity contribution in [3.63, 3.8) is 0 Å². The Balaban J connectivity index is 1.98. The van der Waals surface area contributed by atoms with Crippen LogP contribution in [-0.2, 0) is 4.74 Å². The summed E-state index contributed by atoms with van der Waals surface area (Å²) >= 11 is 0. The summed E-state index contributed by atoms with van der Waals surface area (Å²) in [5.74, 6) is 0. The van der Waals surface area contributed by atoms with E-state index in [1.54, 1.807) is 0 Å². The summed E-state index contributed by atoms with van der Waals surface area (Å²) in [4.78, 5) is 0. The monoisotopic (exact) mass is 214 g/mol. The molecule has 1 aliphatic rings. The second-order valence-electron chi connectivity index (χ2n) is 4.91. The molecule has 2 N–H and O–H groups in total. The summed E-state index contributed by atoms with van der Waals surface area (Å²) in [5.41, 5.74) is 0.473. The number of ether oxygens (including phenoxy) is 1. The van der Waals surface area contributed by atoms with Crippen molar-refractivity contribution in [1.29, 1.82) is 0 Å². The maximum Gasteiger partial charge on any atom is 0.0471 e. The standard InChI is InChI=1S/C12H26N2O/c1-12(5-9-15-10-6-12)11-14-8-4-3-7-13-2/h13-14H,3-11H2,1-2H3. The highest BCUT2D eigenvalue weighted by molar-refractivity contribution is 4.79. The van der Waals surface area contributed by atoms with Crippen LogP contribution >= 0.6 is 0 Å². The third-order valence-corrected chi connectivity index (χ3v) is 3.28. The van der Waals surface area contributed by atoms with Crippen LogP contribution in [0.4, 0.5) is 0 Å². The van der Waals surface area contributed by atoms with Gasteiger partial charge in [-0.3, -0.25) is 0 Å². The molecule has 15 heavy (non-hydrogen) atoms. The molecule has 1 fully saturated rings. The summed E-state index contributed by atoms with van der Waals surface area (Å²) in [7, 11) is 2.01. The summed E-state index contributed by atoms with van der Waals surface area (Å²) in [6.07, 6.45) is 4.95. The van der Waals surface area contributed by atoms with Crippen LogP contribution in [-0.4, -0.2) is 39.9 Å². The molecule has 0 spiro atoms. The van der Waals surface area contributed by atoms with Crippen LogP contribution in [0.25, 0.3) is 0 Å². The first-order valence-corrected chi connectivity index (χ1v) is 6.20. The molecule has 0 radical (unpaired) electrons. The zero-order valence-corrected chi connectivity index (χ0v) is 10.3. The van der Waals surface area contributed by atoms with Gasteiger partial charge in [0.15, 0.2) is 0 Å². The highest BCUT2D eigenvalue weighted by atomic mass is 16.5. The molecule has 0 aromatic carbocycles. The fraction of sp³-hybridized carbons (Fsp3) is 1.00. The van der Waals surface area contributed by atoms with E-state index in [2.05, 4.69) is 17.6 Å². The second kappa shape index (κ2) is 7.20. The SMILES string of the molecule is CNCCCCNCC1(C)CCOCC1. The molecule has 0 aromatic heterocycles. The maximum absolute atomic E-state index is 5.39. The molecule has 0 bridgehead atoms. The predicted molar refractivity (Wildman–Crippen MR) is 64.2 cm³/mol. The van der Waals surface area contributed by atoms with Gasteiger partial charge < -0.3 is 15.4 Å². The molecule has 1 rings (SSSR count). The minimum absolute atomic E-state index is 0.473. The highest BCUT2D eigenvalue weighted by Crippen LogP contribution is 2.28. The summed E-state index contributed by atoms with van der Waals surface area (Å²) < 4.78 is 5.39. The second-order valence-corrected chi connectivity index (χ2v) is 4.91. The summed E-state index contributed by atoms with van der Waals surface area (Å²) in [6.45, 7) is 7.69. The highest BCUT2D eigenvalue weighted by Gasteiger charge is 2.26. The topological polar surface area (TPSA) is 33.3 Å². The summed E-state index contributed by atoms with van der Waals surface area (Å²) in [6, 6.07) is 0. The van der Waals surface area contributed by atoms with Gasteiger partial charge in [-0.05, 0) is 51.2 Å². The Morgan fingerprint density at radius 2 is 1.80 bits per heavy atom.